The fourth-order valence-electron chi connectivity index (χ4n) is 4.05. The number of nitrogens with one attached hydrogen (secondary N) is 1. The second kappa shape index (κ2) is 9.97. The van der Waals surface area contributed by atoms with Crippen LogP contribution in [-0.2, 0) is 14.8 Å². The van der Waals surface area contributed by atoms with Crippen LogP contribution in [0.3, 0.4) is 0 Å². The van der Waals surface area contributed by atoms with E-state index in [0.29, 0.717) is 29.2 Å². The third-order valence-electron chi connectivity index (χ3n) is 6.22. The van der Waals surface area contributed by atoms with Crippen molar-refractivity contribution in [2.24, 2.45) is 10.3 Å². The molecule has 1 N–H and O–H groups in total. The lowest BCUT2D eigenvalue weighted by Gasteiger charge is -2.20. The zero-order valence-corrected chi connectivity index (χ0v) is 20.3. The first-order chi connectivity index (χ1) is 16.3. The molecule has 34 heavy (non-hydrogen) atoms. The fraction of sp³-hybridized carbons (Fsp3) is 0.400. The highest BCUT2D eigenvalue weighted by Crippen LogP contribution is 2.33. The molecule has 8 nitrogen and oxygen atoms in total. The van der Waals surface area contributed by atoms with Crippen molar-refractivity contribution in [3.8, 4) is 0 Å². The van der Waals surface area contributed by atoms with Gasteiger partial charge in [-0.15, -0.1) is 4.40 Å². The quantitative estimate of drug-likeness (QED) is 0.673. The molecule has 0 bridgehead atoms. The zero-order valence-electron chi connectivity index (χ0n) is 19.5. The van der Waals surface area contributed by atoms with Gasteiger partial charge in [-0.25, -0.2) is 0 Å². The normalized spacial score (nSPS) is 17.8. The second-order valence-corrected chi connectivity index (χ2v) is 10.5. The van der Waals surface area contributed by atoms with Crippen LogP contribution < -0.4 is 10.2 Å². The number of nitrogens with zero attached hydrogens (tertiary/aromatic N) is 3. The molecule has 2 aromatic rings. The summed E-state index contributed by atoms with van der Waals surface area (Å²) in [5.41, 5.74) is 1.20. The van der Waals surface area contributed by atoms with Gasteiger partial charge in [0, 0.05) is 38.7 Å². The van der Waals surface area contributed by atoms with Gasteiger partial charge < -0.3 is 15.1 Å². The lowest BCUT2D eigenvalue weighted by Crippen LogP contribution is -2.30. The van der Waals surface area contributed by atoms with Crippen molar-refractivity contribution in [1.29, 1.82) is 0 Å². The largest absolute Gasteiger partial charge is 0.362 e. The topological polar surface area (TPSA) is 99.2 Å². The first kappa shape index (κ1) is 23.9. The molecule has 0 spiro atoms. The van der Waals surface area contributed by atoms with E-state index in [0.717, 1.165) is 38.6 Å². The van der Waals surface area contributed by atoms with E-state index >= 15 is 0 Å². The van der Waals surface area contributed by atoms with Crippen molar-refractivity contribution in [3.63, 3.8) is 0 Å². The number of carbonyl (C=O) groups excluding carboxylic acids is 2. The second-order valence-electron chi connectivity index (χ2n) is 8.89. The standard InChI is InChI=1S/C25H30N4O4S/c1-28-16-7-3-4-13-23(28)27-34(32,33)20-10-8-9-19(17-20)26-24(30)21-11-5-6-12-22(21)29(2)25(31)18-14-15-18/h5-6,8-12,17-18H,3-4,7,13-16H2,1-2H3,(H,26,30)/b27-23-. The first-order valence-corrected chi connectivity index (χ1v) is 13.0. The maximum Gasteiger partial charge on any atom is 0.284 e. The predicted octanol–water partition coefficient (Wildman–Crippen LogP) is 3.90. The summed E-state index contributed by atoms with van der Waals surface area (Å²) >= 11 is 0. The summed E-state index contributed by atoms with van der Waals surface area (Å²) in [6.07, 6.45) is 5.34. The van der Waals surface area contributed by atoms with E-state index in [1.54, 1.807) is 43.4 Å². The number of rotatable bonds is 6. The molecule has 2 aliphatic rings. The van der Waals surface area contributed by atoms with Gasteiger partial charge in [-0.1, -0.05) is 24.6 Å². The fourth-order valence-corrected chi connectivity index (χ4v) is 5.19. The summed E-state index contributed by atoms with van der Waals surface area (Å²) in [6, 6.07) is 13.0. The molecule has 1 saturated heterocycles. The average Bonchev–Trinajstić information content (AvgIpc) is 3.68. The lowest BCUT2D eigenvalue weighted by molar-refractivity contribution is -0.119. The monoisotopic (exact) mass is 482 g/mol. The smallest absolute Gasteiger partial charge is 0.284 e. The highest BCUT2D eigenvalue weighted by molar-refractivity contribution is 7.90. The minimum Gasteiger partial charge on any atom is -0.362 e. The van der Waals surface area contributed by atoms with Crippen molar-refractivity contribution in [1.82, 2.24) is 4.90 Å². The van der Waals surface area contributed by atoms with Gasteiger partial charge in [0.15, 0.2) is 0 Å². The average molecular weight is 483 g/mol. The van der Waals surface area contributed by atoms with Gasteiger partial charge >= 0.3 is 0 Å². The number of amides is 2. The van der Waals surface area contributed by atoms with Crippen LogP contribution in [0.2, 0.25) is 0 Å². The Morgan fingerprint density at radius 1 is 1.06 bits per heavy atom. The molecular weight excluding hydrogens is 452 g/mol. The Hall–Kier alpha value is -3.20. The van der Waals surface area contributed by atoms with Crippen LogP contribution in [0.4, 0.5) is 11.4 Å². The number of carbonyl (C=O) groups is 2. The van der Waals surface area contributed by atoms with Gasteiger partial charge in [0.25, 0.3) is 15.9 Å². The molecule has 0 unspecified atom stereocenters. The summed E-state index contributed by atoms with van der Waals surface area (Å²) in [5.74, 6) is 0.160. The SMILES string of the molecule is CN1CCCCC/C1=N/S(=O)(=O)c1cccc(NC(=O)c2ccccc2N(C)C(=O)C2CC2)c1. The molecule has 0 aromatic heterocycles. The molecule has 9 heteroatoms. The number of hydrogen-bond acceptors (Lipinski definition) is 4. The van der Waals surface area contributed by atoms with E-state index in [2.05, 4.69) is 9.71 Å². The maximum atomic E-state index is 13.1. The summed E-state index contributed by atoms with van der Waals surface area (Å²) in [7, 11) is -0.395. The lowest BCUT2D eigenvalue weighted by atomic mass is 10.1. The van der Waals surface area contributed by atoms with Crippen molar-refractivity contribution >= 4 is 39.0 Å². The molecule has 4 rings (SSSR count). The molecule has 0 atom stereocenters. The van der Waals surface area contributed by atoms with E-state index in [1.807, 2.05) is 11.9 Å². The van der Waals surface area contributed by atoms with E-state index in [-0.39, 0.29) is 16.7 Å². The van der Waals surface area contributed by atoms with Crippen molar-refractivity contribution < 1.29 is 18.0 Å². The number of hydrogen-bond donors (Lipinski definition) is 1. The Morgan fingerprint density at radius 3 is 2.59 bits per heavy atom. The summed E-state index contributed by atoms with van der Waals surface area (Å²) < 4.78 is 30.1. The molecule has 2 aromatic carbocycles. The number of likely N-dealkylation sites (tertiary alicyclic amines) is 1. The highest BCUT2D eigenvalue weighted by Gasteiger charge is 2.33. The Bertz CT molecular complexity index is 1220. The Kier molecular flexibility index (Phi) is 7.02. The van der Waals surface area contributed by atoms with Gasteiger partial charge in [0.2, 0.25) is 5.91 Å². The first-order valence-electron chi connectivity index (χ1n) is 11.6. The van der Waals surface area contributed by atoms with Gasteiger partial charge in [0.1, 0.15) is 5.84 Å². The molecule has 2 amide bonds. The number of amidine groups is 1. The van der Waals surface area contributed by atoms with Crippen molar-refractivity contribution in [2.75, 3.05) is 30.9 Å². The van der Waals surface area contributed by atoms with Gasteiger partial charge in [0.05, 0.1) is 16.1 Å². The molecule has 1 saturated carbocycles. The summed E-state index contributed by atoms with van der Waals surface area (Å²) in [4.78, 5) is 29.0. The van der Waals surface area contributed by atoms with E-state index < -0.39 is 15.9 Å². The van der Waals surface area contributed by atoms with Crippen LogP contribution in [0.1, 0.15) is 48.9 Å². The molecular formula is C25H30N4O4S. The molecule has 2 fully saturated rings. The van der Waals surface area contributed by atoms with Gasteiger partial charge in [-0.05, 0) is 56.0 Å². The van der Waals surface area contributed by atoms with Crippen molar-refractivity contribution in [2.45, 2.75) is 43.4 Å². The molecule has 1 heterocycles. The number of para-hydroxylation sites is 1. The number of anilines is 2. The highest BCUT2D eigenvalue weighted by atomic mass is 32.2. The Labute approximate surface area is 200 Å². The van der Waals surface area contributed by atoms with Crippen molar-refractivity contribution in [3.05, 3.63) is 54.1 Å². The third kappa shape index (κ3) is 5.47. The number of sulfonamides is 1. The molecule has 1 aliphatic heterocycles. The predicted molar refractivity (Wildman–Crippen MR) is 133 cm³/mol. The molecule has 1 aliphatic carbocycles. The zero-order chi connectivity index (χ0) is 24.3. The Morgan fingerprint density at radius 2 is 1.82 bits per heavy atom. The van der Waals surface area contributed by atoms with Gasteiger partial charge in [-0.3, -0.25) is 9.59 Å². The minimum atomic E-state index is -3.93. The van der Waals surface area contributed by atoms with Crippen LogP contribution in [0.25, 0.3) is 0 Å². The van der Waals surface area contributed by atoms with Gasteiger partial charge in [-0.2, -0.15) is 8.42 Å². The molecule has 180 valence electrons. The Balaban J connectivity index is 1.55. The van der Waals surface area contributed by atoms with Crippen LogP contribution in [0, 0.1) is 5.92 Å². The maximum absolute atomic E-state index is 13.1. The molecule has 0 radical (unpaired) electrons. The summed E-state index contributed by atoms with van der Waals surface area (Å²) in [6.45, 7) is 0.779. The minimum absolute atomic E-state index is 0.00377. The van der Waals surface area contributed by atoms with E-state index in [9.17, 15) is 18.0 Å². The third-order valence-corrected chi connectivity index (χ3v) is 7.52. The van der Waals surface area contributed by atoms with Crippen LogP contribution in [0.15, 0.2) is 57.8 Å². The van der Waals surface area contributed by atoms with E-state index in [4.69, 9.17) is 0 Å². The van der Waals surface area contributed by atoms with Crippen LogP contribution in [-0.4, -0.2) is 51.6 Å². The summed E-state index contributed by atoms with van der Waals surface area (Å²) in [5, 5.41) is 2.77. The van der Waals surface area contributed by atoms with E-state index in [1.165, 1.54) is 17.0 Å². The number of benzene rings is 2. The van der Waals surface area contributed by atoms with Crippen LogP contribution >= 0.6 is 0 Å². The van der Waals surface area contributed by atoms with Crippen LogP contribution in [0.5, 0.6) is 0 Å².